The summed E-state index contributed by atoms with van der Waals surface area (Å²) in [6, 6.07) is 0. The Labute approximate surface area is 106 Å². The first kappa shape index (κ1) is 13.4. The molecule has 1 saturated heterocycles. The van der Waals surface area contributed by atoms with E-state index in [1.165, 1.54) is 19.3 Å². The van der Waals surface area contributed by atoms with Crippen LogP contribution in [0.4, 0.5) is 0 Å². The van der Waals surface area contributed by atoms with E-state index in [4.69, 9.17) is 0 Å². The highest BCUT2D eigenvalue weighted by Crippen LogP contribution is 2.54. The zero-order valence-electron chi connectivity index (χ0n) is 12.2. The molecule has 1 N–H and O–H groups in total. The van der Waals surface area contributed by atoms with Crippen molar-refractivity contribution in [1.82, 2.24) is 5.06 Å². The van der Waals surface area contributed by atoms with Gasteiger partial charge in [0.2, 0.25) is 0 Å². The first-order chi connectivity index (χ1) is 7.89. The van der Waals surface area contributed by atoms with Crippen molar-refractivity contribution in [2.24, 2.45) is 17.8 Å². The van der Waals surface area contributed by atoms with Crippen LogP contribution in [-0.4, -0.2) is 21.3 Å². The predicted molar refractivity (Wildman–Crippen MR) is 71.0 cm³/mol. The third kappa shape index (κ3) is 1.94. The normalized spacial score (nSPS) is 48.4. The molecule has 0 amide bonds. The van der Waals surface area contributed by atoms with Crippen LogP contribution in [0.1, 0.15) is 66.7 Å². The molecule has 0 spiro atoms. The Balaban J connectivity index is 2.31. The maximum Gasteiger partial charge on any atom is 0.0464 e. The Kier molecular flexibility index (Phi) is 3.33. The molecule has 1 aliphatic heterocycles. The lowest BCUT2D eigenvalue weighted by Crippen LogP contribution is -2.65. The summed E-state index contributed by atoms with van der Waals surface area (Å²) in [5.41, 5.74) is -0.0687. The summed E-state index contributed by atoms with van der Waals surface area (Å²) in [7, 11) is 0. The van der Waals surface area contributed by atoms with Gasteiger partial charge in [0.15, 0.2) is 0 Å². The van der Waals surface area contributed by atoms with E-state index in [0.717, 1.165) is 24.7 Å². The van der Waals surface area contributed by atoms with Gasteiger partial charge in [0.25, 0.3) is 0 Å². The van der Waals surface area contributed by atoms with Crippen LogP contribution in [0.25, 0.3) is 0 Å². The number of piperidine rings is 1. The molecule has 2 nitrogen and oxygen atoms in total. The van der Waals surface area contributed by atoms with Crippen LogP contribution in [0.5, 0.6) is 0 Å². The lowest BCUT2D eigenvalue weighted by atomic mass is 9.64. The fourth-order valence-corrected chi connectivity index (χ4v) is 3.91. The molecule has 1 heterocycles. The van der Waals surface area contributed by atoms with Gasteiger partial charge in [-0.15, -0.1) is 0 Å². The lowest BCUT2D eigenvalue weighted by Gasteiger charge is -2.58. The van der Waals surface area contributed by atoms with E-state index >= 15 is 0 Å². The molecule has 1 saturated carbocycles. The minimum atomic E-state index is -0.0454. The molecule has 4 unspecified atom stereocenters. The van der Waals surface area contributed by atoms with Crippen molar-refractivity contribution in [3.8, 4) is 0 Å². The second kappa shape index (κ2) is 4.24. The van der Waals surface area contributed by atoms with Gasteiger partial charge in [-0.05, 0) is 63.7 Å². The highest BCUT2D eigenvalue weighted by molar-refractivity contribution is 5.05. The van der Waals surface area contributed by atoms with Gasteiger partial charge in [0.05, 0.1) is 0 Å². The molecule has 0 bridgehead atoms. The number of nitrogens with zero attached hydrogens (tertiary/aromatic N) is 1. The van der Waals surface area contributed by atoms with Crippen molar-refractivity contribution in [3.63, 3.8) is 0 Å². The van der Waals surface area contributed by atoms with Crippen LogP contribution in [0.3, 0.4) is 0 Å². The first-order valence-electron chi connectivity index (χ1n) is 7.38. The molecule has 2 rings (SSSR count). The zero-order valence-corrected chi connectivity index (χ0v) is 12.2. The molecule has 2 heteroatoms. The molecule has 17 heavy (non-hydrogen) atoms. The van der Waals surface area contributed by atoms with Gasteiger partial charge in [0, 0.05) is 11.1 Å². The Hall–Kier alpha value is -0.0800. The molecule has 1 aliphatic carbocycles. The highest BCUT2D eigenvalue weighted by Gasteiger charge is 2.55. The number of rotatable bonds is 3. The monoisotopic (exact) mass is 239 g/mol. The Morgan fingerprint density at radius 2 is 1.76 bits per heavy atom. The van der Waals surface area contributed by atoms with Crippen LogP contribution in [-0.2, 0) is 0 Å². The van der Waals surface area contributed by atoms with E-state index in [1.807, 2.05) is 0 Å². The quantitative estimate of drug-likeness (QED) is 0.802. The molecule has 0 aromatic rings. The van der Waals surface area contributed by atoms with Crippen LogP contribution < -0.4 is 0 Å². The Morgan fingerprint density at radius 3 is 2.18 bits per heavy atom. The minimum Gasteiger partial charge on any atom is -0.313 e. The summed E-state index contributed by atoms with van der Waals surface area (Å²) in [6.07, 6.45) is 6.07. The number of hydrogen-bond acceptors (Lipinski definition) is 2. The average molecular weight is 239 g/mol. The van der Waals surface area contributed by atoms with Crippen molar-refractivity contribution >= 4 is 0 Å². The van der Waals surface area contributed by atoms with Gasteiger partial charge in [0.1, 0.15) is 0 Å². The van der Waals surface area contributed by atoms with Crippen LogP contribution >= 0.6 is 0 Å². The standard InChI is InChI=1S/C15H29NO/c1-6-14(4)10-13(12-8-9-12)11(3)15(5,7-2)16(14)17/h11-13,17H,6-10H2,1-5H3. The summed E-state index contributed by atoms with van der Waals surface area (Å²) in [6.45, 7) is 11.3. The zero-order chi connectivity index (χ0) is 12.8. The van der Waals surface area contributed by atoms with E-state index in [0.29, 0.717) is 5.92 Å². The summed E-state index contributed by atoms with van der Waals surface area (Å²) in [5, 5.41) is 12.4. The SMILES string of the molecule is CCC1(C)CC(C2CC2)C(C)C(C)(CC)N1O. The number of hydrogen-bond donors (Lipinski definition) is 1. The van der Waals surface area contributed by atoms with Crippen LogP contribution in [0.15, 0.2) is 0 Å². The Bertz CT molecular complexity index is 289. The fraction of sp³-hybridized carbons (Fsp3) is 1.00. The van der Waals surface area contributed by atoms with Gasteiger partial charge in [-0.2, -0.15) is 5.06 Å². The third-order valence-corrected chi connectivity index (χ3v) is 6.00. The molecule has 2 fully saturated rings. The van der Waals surface area contributed by atoms with Crippen LogP contribution in [0.2, 0.25) is 0 Å². The van der Waals surface area contributed by atoms with E-state index in [1.54, 1.807) is 5.06 Å². The molecule has 0 aromatic carbocycles. The minimum absolute atomic E-state index is 0.0233. The van der Waals surface area contributed by atoms with Gasteiger partial charge in [-0.3, -0.25) is 0 Å². The van der Waals surface area contributed by atoms with Gasteiger partial charge >= 0.3 is 0 Å². The molecule has 4 atom stereocenters. The Morgan fingerprint density at radius 1 is 1.18 bits per heavy atom. The maximum absolute atomic E-state index is 10.7. The van der Waals surface area contributed by atoms with E-state index in [9.17, 15) is 5.21 Å². The smallest absolute Gasteiger partial charge is 0.0464 e. The molecule has 100 valence electrons. The summed E-state index contributed by atoms with van der Waals surface area (Å²) in [4.78, 5) is 0. The lowest BCUT2D eigenvalue weighted by molar-refractivity contribution is -0.282. The number of hydroxylamine groups is 2. The highest BCUT2D eigenvalue weighted by atomic mass is 16.5. The molecule has 2 aliphatic rings. The van der Waals surface area contributed by atoms with Gasteiger partial charge in [-0.1, -0.05) is 20.8 Å². The van der Waals surface area contributed by atoms with Gasteiger partial charge in [-0.25, -0.2) is 0 Å². The molecular weight excluding hydrogens is 210 g/mol. The van der Waals surface area contributed by atoms with E-state index < -0.39 is 0 Å². The summed E-state index contributed by atoms with van der Waals surface area (Å²) in [5.74, 6) is 2.35. The second-order valence-electron chi connectivity index (χ2n) is 6.87. The summed E-state index contributed by atoms with van der Waals surface area (Å²) < 4.78 is 0. The van der Waals surface area contributed by atoms with Crippen molar-refractivity contribution in [2.75, 3.05) is 0 Å². The summed E-state index contributed by atoms with van der Waals surface area (Å²) >= 11 is 0. The topological polar surface area (TPSA) is 23.5 Å². The van der Waals surface area contributed by atoms with Crippen molar-refractivity contribution in [3.05, 3.63) is 0 Å². The second-order valence-corrected chi connectivity index (χ2v) is 6.87. The van der Waals surface area contributed by atoms with Gasteiger partial charge < -0.3 is 5.21 Å². The van der Waals surface area contributed by atoms with E-state index in [-0.39, 0.29) is 11.1 Å². The average Bonchev–Trinajstić information content (AvgIpc) is 3.15. The van der Waals surface area contributed by atoms with E-state index in [2.05, 4.69) is 34.6 Å². The fourth-order valence-electron chi connectivity index (χ4n) is 3.91. The van der Waals surface area contributed by atoms with Crippen molar-refractivity contribution < 1.29 is 5.21 Å². The predicted octanol–water partition coefficient (Wildman–Crippen LogP) is 4.08. The molecule has 0 aromatic heterocycles. The maximum atomic E-state index is 10.7. The molecular formula is C15H29NO. The first-order valence-corrected chi connectivity index (χ1v) is 7.38. The van der Waals surface area contributed by atoms with Crippen molar-refractivity contribution in [2.45, 2.75) is 77.8 Å². The van der Waals surface area contributed by atoms with Crippen LogP contribution in [0, 0.1) is 17.8 Å². The van der Waals surface area contributed by atoms with Crippen molar-refractivity contribution in [1.29, 1.82) is 0 Å². The largest absolute Gasteiger partial charge is 0.313 e. The third-order valence-electron chi connectivity index (χ3n) is 6.00. The molecule has 0 radical (unpaired) electrons.